The smallest absolute Gasteiger partial charge is 0.323 e. The molecule has 1 aliphatic rings. The number of carbonyl (C=O) groups excluding carboxylic acids is 2. The molecule has 1 aliphatic heterocycles. The lowest BCUT2D eigenvalue weighted by molar-refractivity contribution is 0.0944. The van der Waals surface area contributed by atoms with Crippen molar-refractivity contribution in [3.8, 4) is 0 Å². The Morgan fingerprint density at radius 1 is 1.03 bits per heavy atom. The third-order valence-corrected chi connectivity index (χ3v) is 5.88. The minimum atomic E-state index is -0.465. The monoisotopic (exact) mass is 492 g/mol. The number of anilines is 3. The van der Waals surface area contributed by atoms with Gasteiger partial charge in [0.1, 0.15) is 0 Å². The molecule has 2 aromatic carbocycles. The normalized spacial score (nSPS) is 13.5. The van der Waals surface area contributed by atoms with Gasteiger partial charge in [-0.25, -0.2) is 4.79 Å². The van der Waals surface area contributed by atoms with Gasteiger partial charge >= 0.3 is 6.03 Å². The van der Waals surface area contributed by atoms with E-state index in [1.54, 1.807) is 30.3 Å². The quantitative estimate of drug-likeness (QED) is 0.387. The average Bonchev–Trinajstić information content (AvgIpc) is 2.81. The van der Waals surface area contributed by atoms with Crippen molar-refractivity contribution in [3.63, 3.8) is 0 Å². The molecule has 7 nitrogen and oxygen atoms in total. The maximum atomic E-state index is 13.0. The zero-order valence-corrected chi connectivity index (χ0v) is 20.3. The van der Waals surface area contributed by atoms with Crippen molar-refractivity contribution in [1.82, 2.24) is 5.32 Å². The molecule has 0 atom stereocenters. The van der Waals surface area contributed by atoms with Crippen LogP contribution in [0.5, 0.6) is 0 Å². The first kappa shape index (κ1) is 25.1. The molecule has 0 bridgehead atoms. The van der Waals surface area contributed by atoms with Crippen molar-refractivity contribution >= 4 is 52.2 Å². The van der Waals surface area contributed by atoms with Crippen LogP contribution in [0.3, 0.4) is 0 Å². The fourth-order valence-electron chi connectivity index (χ4n) is 3.70. The van der Waals surface area contributed by atoms with Crippen LogP contribution in [-0.4, -0.2) is 44.8 Å². The molecule has 0 saturated carbocycles. The Morgan fingerprint density at radius 3 is 2.55 bits per heavy atom. The number of piperidine rings is 1. The second kappa shape index (κ2) is 12.7. The van der Waals surface area contributed by atoms with E-state index >= 15 is 0 Å². The molecule has 0 spiro atoms. The maximum Gasteiger partial charge on any atom is 0.323 e. The highest BCUT2D eigenvalue weighted by atomic mass is 35.5. The number of rotatable bonds is 9. The Labute approximate surface area is 204 Å². The van der Waals surface area contributed by atoms with Gasteiger partial charge in [-0.3, -0.25) is 4.79 Å². The highest BCUT2D eigenvalue weighted by Gasteiger charge is 2.20. The molecule has 2 aromatic rings. The van der Waals surface area contributed by atoms with Gasteiger partial charge in [0.2, 0.25) is 0 Å². The fraction of sp³-hybridized carbons (Fsp3) is 0.417. The second-order valence-electron chi connectivity index (χ2n) is 7.79. The summed E-state index contributed by atoms with van der Waals surface area (Å²) in [6, 6.07) is 9.78. The summed E-state index contributed by atoms with van der Waals surface area (Å²) in [6.45, 7) is 5.54. The van der Waals surface area contributed by atoms with Crippen LogP contribution in [-0.2, 0) is 4.74 Å². The molecule has 0 radical (unpaired) electrons. The van der Waals surface area contributed by atoms with Gasteiger partial charge in [0, 0.05) is 49.2 Å². The SMILES string of the molecule is CCOCCCNC(=O)c1cc(NC(=O)Nc2ccc(Cl)cc2Cl)ccc1N1CCCCC1. The summed E-state index contributed by atoms with van der Waals surface area (Å²) < 4.78 is 5.34. The highest BCUT2D eigenvalue weighted by molar-refractivity contribution is 6.36. The molecule has 1 heterocycles. The number of nitrogens with one attached hydrogen (secondary N) is 3. The van der Waals surface area contributed by atoms with E-state index < -0.39 is 6.03 Å². The maximum absolute atomic E-state index is 13.0. The third kappa shape index (κ3) is 7.52. The van der Waals surface area contributed by atoms with Gasteiger partial charge in [0.05, 0.1) is 16.3 Å². The van der Waals surface area contributed by atoms with E-state index in [0.29, 0.717) is 46.7 Å². The molecule has 3 amide bonds. The summed E-state index contributed by atoms with van der Waals surface area (Å²) in [4.78, 5) is 27.8. The number of benzene rings is 2. The molecule has 0 aromatic heterocycles. The highest BCUT2D eigenvalue weighted by Crippen LogP contribution is 2.28. The van der Waals surface area contributed by atoms with Crippen LogP contribution in [0, 0.1) is 0 Å². The summed E-state index contributed by atoms with van der Waals surface area (Å²) in [5, 5.41) is 9.27. The standard InChI is InChI=1S/C24H30Cl2N4O3/c1-2-33-14-6-11-27-23(31)19-16-18(8-10-22(19)30-12-4-3-5-13-30)28-24(32)29-21-9-7-17(25)15-20(21)26/h7-10,15-16H,2-6,11-14H2,1H3,(H,27,31)(H2,28,29,32). The van der Waals surface area contributed by atoms with Crippen molar-refractivity contribution in [3.05, 3.63) is 52.0 Å². The topological polar surface area (TPSA) is 82.7 Å². The predicted molar refractivity (Wildman–Crippen MR) is 135 cm³/mol. The van der Waals surface area contributed by atoms with E-state index in [9.17, 15) is 9.59 Å². The van der Waals surface area contributed by atoms with E-state index in [1.165, 1.54) is 6.42 Å². The molecule has 0 aliphatic carbocycles. The lowest BCUT2D eigenvalue weighted by atomic mass is 10.1. The zero-order valence-electron chi connectivity index (χ0n) is 18.8. The first-order valence-corrected chi connectivity index (χ1v) is 12.0. The van der Waals surface area contributed by atoms with Gasteiger partial charge in [0.25, 0.3) is 5.91 Å². The Hall–Kier alpha value is -2.48. The second-order valence-corrected chi connectivity index (χ2v) is 8.63. The predicted octanol–water partition coefficient (Wildman–Crippen LogP) is 5.78. The number of ether oxygens (including phenoxy) is 1. The Morgan fingerprint density at radius 2 is 1.82 bits per heavy atom. The number of halogens is 2. The summed E-state index contributed by atoms with van der Waals surface area (Å²) >= 11 is 12.0. The fourth-order valence-corrected chi connectivity index (χ4v) is 4.15. The molecule has 1 saturated heterocycles. The van der Waals surface area contributed by atoms with Crippen molar-refractivity contribution in [2.45, 2.75) is 32.6 Å². The van der Waals surface area contributed by atoms with Gasteiger partial charge in [-0.1, -0.05) is 23.2 Å². The average molecular weight is 493 g/mol. The lowest BCUT2D eigenvalue weighted by Crippen LogP contribution is -2.33. The van der Waals surface area contributed by atoms with Crippen molar-refractivity contribution in [2.75, 3.05) is 48.4 Å². The van der Waals surface area contributed by atoms with Crippen LogP contribution in [0.2, 0.25) is 10.0 Å². The summed E-state index contributed by atoms with van der Waals surface area (Å²) in [5.41, 5.74) is 2.37. The Balaban J connectivity index is 1.72. The molecule has 9 heteroatoms. The van der Waals surface area contributed by atoms with Gasteiger partial charge in [-0.05, 0) is 69.0 Å². The number of urea groups is 1. The number of amides is 3. The van der Waals surface area contributed by atoms with E-state index in [0.717, 1.165) is 38.0 Å². The van der Waals surface area contributed by atoms with Crippen molar-refractivity contribution in [1.29, 1.82) is 0 Å². The Bertz CT molecular complexity index is 965. The zero-order chi connectivity index (χ0) is 23.6. The minimum absolute atomic E-state index is 0.170. The molecular weight excluding hydrogens is 463 g/mol. The molecule has 3 rings (SSSR count). The van der Waals surface area contributed by atoms with Gasteiger partial charge in [0.15, 0.2) is 0 Å². The van der Waals surface area contributed by atoms with E-state index in [2.05, 4.69) is 20.9 Å². The summed E-state index contributed by atoms with van der Waals surface area (Å²) in [5.74, 6) is -0.170. The lowest BCUT2D eigenvalue weighted by Gasteiger charge is -2.30. The van der Waals surface area contributed by atoms with Crippen LogP contribution in [0.4, 0.5) is 21.9 Å². The summed E-state index contributed by atoms with van der Waals surface area (Å²) in [6.07, 6.45) is 4.13. The molecule has 33 heavy (non-hydrogen) atoms. The summed E-state index contributed by atoms with van der Waals surface area (Å²) in [7, 11) is 0. The molecule has 178 valence electrons. The van der Waals surface area contributed by atoms with Crippen LogP contribution in [0.25, 0.3) is 0 Å². The largest absolute Gasteiger partial charge is 0.382 e. The number of hydrogen-bond acceptors (Lipinski definition) is 4. The van der Waals surface area contributed by atoms with Crippen molar-refractivity contribution < 1.29 is 14.3 Å². The van der Waals surface area contributed by atoms with Gasteiger partial charge in [-0.15, -0.1) is 0 Å². The van der Waals surface area contributed by atoms with E-state index in [4.69, 9.17) is 27.9 Å². The first-order chi connectivity index (χ1) is 16.0. The molecule has 3 N–H and O–H groups in total. The van der Waals surface area contributed by atoms with Crippen molar-refractivity contribution in [2.24, 2.45) is 0 Å². The number of carbonyl (C=O) groups is 2. The van der Waals surface area contributed by atoms with Crippen LogP contribution in [0.15, 0.2) is 36.4 Å². The van der Waals surface area contributed by atoms with Gasteiger partial charge < -0.3 is 25.6 Å². The van der Waals surface area contributed by atoms with E-state index in [1.807, 2.05) is 13.0 Å². The molecule has 0 unspecified atom stereocenters. The molecule has 1 fully saturated rings. The Kier molecular flexibility index (Phi) is 9.66. The van der Waals surface area contributed by atoms with Crippen LogP contribution < -0.4 is 20.9 Å². The first-order valence-electron chi connectivity index (χ1n) is 11.3. The van der Waals surface area contributed by atoms with Gasteiger partial charge in [-0.2, -0.15) is 0 Å². The van der Waals surface area contributed by atoms with Crippen LogP contribution in [0.1, 0.15) is 43.0 Å². The number of nitrogens with zero attached hydrogens (tertiary/aromatic N) is 1. The minimum Gasteiger partial charge on any atom is -0.382 e. The number of hydrogen-bond donors (Lipinski definition) is 3. The van der Waals surface area contributed by atoms with E-state index in [-0.39, 0.29) is 5.91 Å². The third-order valence-electron chi connectivity index (χ3n) is 5.33. The molecular formula is C24H30Cl2N4O3. The van der Waals surface area contributed by atoms with Crippen LogP contribution >= 0.6 is 23.2 Å².